The Bertz CT molecular complexity index is 1450. The fourth-order valence-corrected chi connectivity index (χ4v) is 3.97. The summed E-state index contributed by atoms with van der Waals surface area (Å²) in [5.41, 5.74) is 10.1. The zero-order valence-corrected chi connectivity index (χ0v) is 17.9. The van der Waals surface area contributed by atoms with Gasteiger partial charge in [-0.05, 0) is 24.6 Å². The van der Waals surface area contributed by atoms with E-state index in [2.05, 4.69) is 30.4 Å². The molecule has 0 aliphatic rings. The number of fused-ring (bicyclic) bond motifs is 1. The van der Waals surface area contributed by atoms with Crippen LogP contribution in [-0.4, -0.2) is 46.7 Å². The highest BCUT2D eigenvalue weighted by Crippen LogP contribution is 2.38. The van der Waals surface area contributed by atoms with Crippen LogP contribution in [0, 0.1) is 5.82 Å². The summed E-state index contributed by atoms with van der Waals surface area (Å²) in [5, 5.41) is 12.9. The Hall–Kier alpha value is -4.41. The standard InChI is InChI=1S/C22H20FN9O/c1-3-13(17-10-31(30-29-17)18-7-5-4-6-16(18)23)19-8-14(15-9-25-11-27-22(15)33-2)20-21(24)26-12-28-32(19)20/h4-13H,3H2,1-2H3,(H2,24,26,28)/t13-/m0/s1. The molecule has 0 bridgehead atoms. The predicted octanol–water partition coefficient (Wildman–Crippen LogP) is 3.04. The Labute approximate surface area is 187 Å². The van der Waals surface area contributed by atoms with Crippen molar-refractivity contribution >= 4 is 11.3 Å². The second-order valence-corrected chi connectivity index (χ2v) is 7.33. The van der Waals surface area contributed by atoms with Crippen molar-refractivity contribution in [2.45, 2.75) is 19.3 Å². The number of methoxy groups -OCH3 is 1. The largest absolute Gasteiger partial charge is 0.480 e. The number of ether oxygens (including phenoxy) is 1. The van der Waals surface area contributed by atoms with Gasteiger partial charge in [-0.3, -0.25) is 0 Å². The lowest BCUT2D eigenvalue weighted by Gasteiger charge is -2.11. The predicted molar refractivity (Wildman–Crippen MR) is 118 cm³/mol. The zero-order chi connectivity index (χ0) is 22.9. The molecule has 0 spiro atoms. The summed E-state index contributed by atoms with van der Waals surface area (Å²) in [6.45, 7) is 2.03. The quantitative estimate of drug-likeness (QED) is 0.423. The summed E-state index contributed by atoms with van der Waals surface area (Å²) >= 11 is 0. The Morgan fingerprint density at radius 1 is 1.15 bits per heavy atom. The first-order valence-electron chi connectivity index (χ1n) is 10.3. The third-order valence-corrected chi connectivity index (χ3v) is 5.50. The van der Waals surface area contributed by atoms with Gasteiger partial charge in [-0.15, -0.1) is 5.10 Å². The third-order valence-electron chi connectivity index (χ3n) is 5.50. The van der Waals surface area contributed by atoms with Gasteiger partial charge in [-0.2, -0.15) is 5.10 Å². The molecule has 166 valence electrons. The molecule has 0 fully saturated rings. The lowest BCUT2D eigenvalue weighted by Crippen LogP contribution is -2.08. The van der Waals surface area contributed by atoms with Gasteiger partial charge in [0.15, 0.2) is 5.82 Å². The van der Waals surface area contributed by atoms with Crippen LogP contribution in [0.3, 0.4) is 0 Å². The first-order chi connectivity index (χ1) is 16.1. The van der Waals surface area contributed by atoms with Crippen LogP contribution in [0.25, 0.3) is 22.3 Å². The van der Waals surface area contributed by atoms with Crippen LogP contribution in [0.2, 0.25) is 0 Å². The van der Waals surface area contributed by atoms with Crippen LogP contribution in [0.1, 0.15) is 30.7 Å². The molecule has 0 aliphatic carbocycles. The van der Waals surface area contributed by atoms with E-state index in [4.69, 9.17) is 10.5 Å². The van der Waals surface area contributed by atoms with Crippen molar-refractivity contribution in [3.8, 4) is 22.7 Å². The van der Waals surface area contributed by atoms with Gasteiger partial charge in [-0.1, -0.05) is 24.3 Å². The van der Waals surface area contributed by atoms with E-state index in [0.29, 0.717) is 40.6 Å². The van der Waals surface area contributed by atoms with Crippen molar-refractivity contribution in [1.29, 1.82) is 0 Å². The summed E-state index contributed by atoms with van der Waals surface area (Å²) in [7, 11) is 1.54. The topological polar surface area (TPSA) is 122 Å². The first-order valence-corrected chi connectivity index (χ1v) is 10.3. The number of halogens is 1. The van der Waals surface area contributed by atoms with Crippen LogP contribution in [0.5, 0.6) is 5.88 Å². The molecule has 5 aromatic rings. The van der Waals surface area contributed by atoms with Crippen molar-refractivity contribution in [3.05, 3.63) is 72.6 Å². The number of hydrogen-bond donors (Lipinski definition) is 1. The molecule has 0 amide bonds. The molecule has 1 atom stereocenters. The Morgan fingerprint density at radius 3 is 2.79 bits per heavy atom. The normalized spacial score (nSPS) is 12.2. The van der Waals surface area contributed by atoms with E-state index in [1.807, 2.05) is 13.0 Å². The molecule has 0 unspecified atom stereocenters. The van der Waals surface area contributed by atoms with Gasteiger partial charge in [0.2, 0.25) is 5.88 Å². The van der Waals surface area contributed by atoms with Crippen LogP contribution < -0.4 is 10.5 Å². The third kappa shape index (κ3) is 3.43. The molecular weight excluding hydrogens is 425 g/mol. The minimum Gasteiger partial charge on any atom is -0.480 e. The number of nitrogen functional groups attached to an aromatic ring is 1. The molecule has 4 heterocycles. The van der Waals surface area contributed by atoms with E-state index >= 15 is 0 Å². The highest BCUT2D eigenvalue weighted by atomic mass is 19.1. The van der Waals surface area contributed by atoms with E-state index in [0.717, 1.165) is 11.3 Å². The monoisotopic (exact) mass is 445 g/mol. The van der Waals surface area contributed by atoms with Crippen LogP contribution in [-0.2, 0) is 0 Å². The fourth-order valence-electron chi connectivity index (χ4n) is 3.97. The fraction of sp³-hybridized carbons (Fsp3) is 0.182. The number of anilines is 1. The SMILES string of the molecule is CC[C@@H](c1cn(-c2ccccc2F)nn1)c1cc(-c2cncnc2OC)c2c(N)ncnn12. The van der Waals surface area contributed by atoms with Crippen LogP contribution in [0.4, 0.5) is 10.2 Å². The molecule has 33 heavy (non-hydrogen) atoms. The number of benzene rings is 1. The molecular formula is C22H20FN9O. The van der Waals surface area contributed by atoms with Crippen molar-refractivity contribution < 1.29 is 9.13 Å². The van der Waals surface area contributed by atoms with Crippen molar-refractivity contribution in [2.75, 3.05) is 12.8 Å². The number of nitrogens with two attached hydrogens (primary N) is 1. The maximum Gasteiger partial charge on any atom is 0.224 e. The van der Waals surface area contributed by atoms with Gasteiger partial charge in [-0.25, -0.2) is 28.5 Å². The molecule has 1 aromatic carbocycles. The summed E-state index contributed by atoms with van der Waals surface area (Å²) in [6, 6.07) is 8.37. The maximum atomic E-state index is 14.3. The summed E-state index contributed by atoms with van der Waals surface area (Å²) < 4.78 is 22.9. The van der Waals surface area contributed by atoms with Gasteiger partial charge >= 0.3 is 0 Å². The van der Waals surface area contributed by atoms with Gasteiger partial charge in [0, 0.05) is 17.7 Å². The lowest BCUT2D eigenvalue weighted by molar-refractivity contribution is 0.398. The lowest BCUT2D eigenvalue weighted by atomic mass is 9.98. The Morgan fingerprint density at radius 2 is 2.00 bits per heavy atom. The molecule has 10 nitrogen and oxygen atoms in total. The molecule has 0 saturated heterocycles. The summed E-state index contributed by atoms with van der Waals surface area (Å²) in [6.07, 6.45) is 6.89. The zero-order valence-electron chi connectivity index (χ0n) is 17.9. The van der Waals surface area contributed by atoms with Crippen molar-refractivity contribution in [3.63, 3.8) is 0 Å². The smallest absolute Gasteiger partial charge is 0.224 e. The number of nitrogens with zero attached hydrogens (tertiary/aromatic N) is 8. The van der Waals surface area contributed by atoms with E-state index in [1.165, 1.54) is 23.4 Å². The second-order valence-electron chi connectivity index (χ2n) is 7.33. The first kappa shape index (κ1) is 20.5. The van der Waals surface area contributed by atoms with Crippen LogP contribution >= 0.6 is 0 Å². The molecule has 2 N–H and O–H groups in total. The van der Waals surface area contributed by atoms with Crippen molar-refractivity contribution in [2.24, 2.45) is 0 Å². The Kier molecular flexibility index (Phi) is 5.13. The number of rotatable bonds is 6. The van der Waals surface area contributed by atoms with E-state index in [-0.39, 0.29) is 11.7 Å². The molecule has 11 heteroatoms. The molecule has 0 saturated carbocycles. The van der Waals surface area contributed by atoms with E-state index in [9.17, 15) is 4.39 Å². The molecule has 4 aromatic heterocycles. The van der Waals surface area contributed by atoms with E-state index < -0.39 is 0 Å². The minimum absolute atomic E-state index is 0.198. The number of aromatic nitrogens is 8. The number of para-hydroxylation sites is 1. The molecule has 0 aliphatic heterocycles. The van der Waals surface area contributed by atoms with Gasteiger partial charge in [0.05, 0.1) is 30.3 Å². The van der Waals surface area contributed by atoms with Gasteiger partial charge in [0.1, 0.15) is 29.7 Å². The average Bonchev–Trinajstić information content (AvgIpc) is 3.47. The van der Waals surface area contributed by atoms with Crippen molar-refractivity contribution in [1.82, 2.24) is 39.6 Å². The molecule has 5 rings (SSSR count). The highest BCUT2D eigenvalue weighted by molar-refractivity contribution is 5.90. The summed E-state index contributed by atoms with van der Waals surface area (Å²) in [4.78, 5) is 12.5. The van der Waals surface area contributed by atoms with Crippen LogP contribution in [0.15, 0.2) is 55.4 Å². The maximum absolute atomic E-state index is 14.3. The minimum atomic E-state index is -0.380. The highest BCUT2D eigenvalue weighted by Gasteiger charge is 2.26. The van der Waals surface area contributed by atoms with E-state index in [1.54, 1.807) is 42.2 Å². The summed E-state index contributed by atoms with van der Waals surface area (Å²) in [5.74, 6) is 0.138. The second kappa shape index (κ2) is 8.26. The molecule has 0 radical (unpaired) electrons. The van der Waals surface area contributed by atoms with Gasteiger partial charge in [0.25, 0.3) is 0 Å². The average molecular weight is 445 g/mol. The number of hydrogen-bond acceptors (Lipinski definition) is 8. The Balaban J connectivity index is 1.67. The van der Waals surface area contributed by atoms with Gasteiger partial charge < -0.3 is 10.5 Å².